The smallest absolute Gasteiger partial charge is 0.252 e. The normalized spacial score (nSPS) is 45.8. The number of amides is 1. The summed E-state index contributed by atoms with van der Waals surface area (Å²) < 4.78 is 10.8. The summed E-state index contributed by atoms with van der Waals surface area (Å²) in [6, 6.07) is 0. The number of carbonyl (C=O) groups is 1. The Morgan fingerprint density at radius 1 is 1.47 bits per heavy atom. The molecule has 0 spiro atoms. The summed E-state index contributed by atoms with van der Waals surface area (Å²) in [5, 5.41) is 2.87. The molecule has 0 aromatic rings. The van der Waals surface area contributed by atoms with Gasteiger partial charge in [-0.25, -0.2) is 0 Å². The zero-order valence-electron chi connectivity index (χ0n) is 9.58. The van der Waals surface area contributed by atoms with Crippen molar-refractivity contribution in [1.82, 2.24) is 5.32 Å². The van der Waals surface area contributed by atoms with E-state index in [-0.39, 0.29) is 12.0 Å². The molecular weight excluding hydrogens is 194 g/mol. The molecular formula is C11H19NO3. The Morgan fingerprint density at radius 2 is 2.20 bits per heavy atom. The summed E-state index contributed by atoms with van der Waals surface area (Å²) in [5.41, 5.74) is -0.572. The maximum absolute atomic E-state index is 11.6. The molecule has 3 aliphatic rings. The fourth-order valence-corrected chi connectivity index (χ4v) is 2.74. The summed E-state index contributed by atoms with van der Waals surface area (Å²) in [5.74, 6) is 0.364. The molecule has 0 radical (unpaired) electrons. The number of ether oxygens (including phenoxy) is 2. The van der Waals surface area contributed by atoms with E-state index in [2.05, 4.69) is 5.32 Å². The van der Waals surface area contributed by atoms with Crippen LogP contribution in [0.4, 0.5) is 0 Å². The fraction of sp³-hybridized carbons (Fsp3) is 0.909. The van der Waals surface area contributed by atoms with Gasteiger partial charge in [-0.2, -0.15) is 0 Å². The summed E-state index contributed by atoms with van der Waals surface area (Å²) in [4.78, 5) is 11.6. The third-order valence-corrected chi connectivity index (χ3v) is 3.63. The number of hydrogen-bond donors (Lipinski definition) is 1. The monoisotopic (exact) mass is 213 g/mol. The first-order valence-electron chi connectivity index (χ1n) is 5.75. The van der Waals surface area contributed by atoms with Gasteiger partial charge in [0.15, 0.2) is 5.60 Å². The number of fused-ring (bicyclic) bond motifs is 2. The lowest BCUT2D eigenvalue weighted by atomic mass is 9.77. The van der Waals surface area contributed by atoms with Gasteiger partial charge in [0.25, 0.3) is 5.91 Å². The van der Waals surface area contributed by atoms with Gasteiger partial charge in [0.05, 0.1) is 12.2 Å². The Kier molecular flexibility index (Phi) is 2.73. The molecule has 0 aromatic carbocycles. The largest absolute Gasteiger partial charge is 0.369 e. The third kappa shape index (κ3) is 1.47. The molecule has 3 rings (SSSR count). The zero-order chi connectivity index (χ0) is 11.1. The van der Waals surface area contributed by atoms with Crippen LogP contribution < -0.4 is 5.32 Å². The predicted octanol–water partition coefficient (Wildman–Crippen LogP) is 0.705. The number of carbonyl (C=O) groups excluding carboxylic acids is 1. The van der Waals surface area contributed by atoms with Crippen molar-refractivity contribution < 1.29 is 14.3 Å². The van der Waals surface area contributed by atoms with Crippen molar-refractivity contribution in [3.63, 3.8) is 0 Å². The standard InChI is InChI=1S/C9H13NO3.C2H6/c1-12-9-3-7-6(13-7)2-5(9)4-10-8(9)11;1-2/h5-7H,2-4H2,1H3,(H,10,11);1-2H3. The van der Waals surface area contributed by atoms with Crippen LogP contribution in [0.1, 0.15) is 26.7 Å². The quantitative estimate of drug-likeness (QED) is 0.652. The minimum atomic E-state index is -0.572. The van der Waals surface area contributed by atoms with Gasteiger partial charge in [-0.1, -0.05) is 13.8 Å². The van der Waals surface area contributed by atoms with Crippen molar-refractivity contribution in [2.75, 3.05) is 13.7 Å². The first-order chi connectivity index (χ1) is 7.26. The van der Waals surface area contributed by atoms with E-state index in [4.69, 9.17) is 9.47 Å². The van der Waals surface area contributed by atoms with Crippen LogP contribution in [-0.4, -0.2) is 37.4 Å². The summed E-state index contributed by atoms with van der Waals surface area (Å²) in [6.07, 6.45) is 2.39. The molecule has 86 valence electrons. The van der Waals surface area contributed by atoms with Crippen molar-refractivity contribution in [1.29, 1.82) is 0 Å². The number of methoxy groups -OCH3 is 1. The molecule has 4 atom stereocenters. The molecule has 2 heterocycles. The van der Waals surface area contributed by atoms with E-state index >= 15 is 0 Å². The molecule has 4 heteroatoms. The Bertz CT molecular complexity index is 269. The molecule has 1 N–H and O–H groups in total. The Balaban J connectivity index is 0.000000404. The summed E-state index contributed by atoms with van der Waals surface area (Å²) in [6.45, 7) is 4.75. The van der Waals surface area contributed by atoms with Crippen LogP contribution in [0.5, 0.6) is 0 Å². The number of epoxide rings is 1. The lowest BCUT2D eigenvalue weighted by Crippen LogP contribution is -2.48. The molecule has 4 unspecified atom stereocenters. The molecule has 1 saturated carbocycles. The average Bonchev–Trinajstić information content (AvgIpc) is 2.97. The van der Waals surface area contributed by atoms with Crippen LogP contribution in [0.25, 0.3) is 0 Å². The van der Waals surface area contributed by atoms with Crippen molar-refractivity contribution in [3.8, 4) is 0 Å². The van der Waals surface area contributed by atoms with Gasteiger partial charge in [-0.3, -0.25) is 4.79 Å². The van der Waals surface area contributed by atoms with Gasteiger partial charge in [0.1, 0.15) is 0 Å². The predicted molar refractivity (Wildman–Crippen MR) is 55.5 cm³/mol. The summed E-state index contributed by atoms with van der Waals surface area (Å²) in [7, 11) is 1.63. The SMILES string of the molecule is CC.COC12CC3OC3CC1CNC2=O. The highest BCUT2D eigenvalue weighted by molar-refractivity contribution is 5.88. The maximum Gasteiger partial charge on any atom is 0.252 e. The lowest BCUT2D eigenvalue weighted by Gasteiger charge is -2.32. The third-order valence-electron chi connectivity index (χ3n) is 3.63. The van der Waals surface area contributed by atoms with Gasteiger partial charge in [-0.15, -0.1) is 0 Å². The fourth-order valence-electron chi connectivity index (χ4n) is 2.74. The van der Waals surface area contributed by atoms with E-state index in [0.29, 0.717) is 12.0 Å². The Hall–Kier alpha value is -0.610. The molecule has 1 amide bonds. The Labute approximate surface area is 90.3 Å². The van der Waals surface area contributed by atoms with Gasteiger partial charge in [-0.05, 0) is 6.42 Å². The molecule has 3 fully saturated rings. The highest BCUT2D eigenvalue weighted by atomic mass is 16.6. The van der Waals surface area contributed by atoms with Crippen LogP contribution in [0.15, 0.2) is 0 Å². The van der Waals surface area contributed by atoms with E-state index in [0.717, 1.165) is 19.4 Å². The second kappa shape index (κ2) is 3.76. The van der Waals surface area contributed by atoms with Gasteiger partial charge >= 0.3 is 0 Å². The van der Waals surface area contributed by atoms with Gasteiger partial charge in [0.2, 0.25) is 0 Å². The van der Waals surface area contributed by atoms with Crippen LogP contribution in [0.3, 0.4) is 0 Å². The Morgan fingerprint density at radius 3 is 2.87 bits per heavy atom. The lowest BCUT2D eigenvalue weighted by molar-refractivity contribution is -0.145. The average molecular weight is 213 g/mol. The molecule has 2 saturated heterocycles. The maximum atomic E-state index is 11.6. The summed E-state index contributed by atoms with van der Waals surface area (Å²) >= 11 is 0. The van der Waals surface area contributed by atoms with Crippen LogP contribution >= 0.6 is 0 Å². The van der Waals surface area contributed by atoms with Gasteiger partial charge in [0, 0.05) is 26.0 Å². The van der Waals surface area contributed by atoms with E-state index in [1.807, 2.05) is 13.8 Å². The van der Waals surface area contributed by atoms with E-state index in [1.165, 1.54) is 0 Å². The zero-order valence-corrected chi connectivity index (χ0v) is 9.58. The van der Waals surface area contributed by atoms with Crippen LogP contribution in [-0.2, 0) is 14.3 Å². The molecule has 4 nitrogen and oxygen atoms in total. The van der Waals surface area contributed by atoms with Gasteiger partial charge < -0.3 is 14.8 Å². The minimum Gasteiger partial charge on any atom is -0.369 e. The molecule has 0 bridgehead atoms. The van der Waals surface area contributed by atoms with Crippen molar-refractivity contribution >= 4 is 5.91 Å². The van der Waals surface area contributed by atoms with Crippen LogP contribution in [0, 0.1) is 5.92 Å². The van der Waals surface area contributed by atoms with E-state index in [9.17, 15) is 4.79 Å². The highest BCUT2D eigenvalue weighted by Crippen LogP contribution is 2.48. The van der Waals surface area contributed by atoms with E-state index < -0.39 is 5.60 Å². The number of rotatable bonds is 1. The molecule has 1 aliphatic carbocycles. The van der Waals surface area contributed by atoms with Crippen molar-refractivity contribution in [3.05, 3.63) is 0 Å². The van der Waals surface area contributed by atoms with E-state index in [1.54, 1.807) is 7.11 Å². The van der Waals surface area contributed by atoms with Crippen molar-refractivity contribution in [2.45, 2.75) is 44.5 Å². The van der Waals surface area contributed by atoms with Crippen LogP contribution in [0.2, 0.25) is 0 Å². The second-order valence-electron chi connectivity index (χ2n) is 4.15. The molecule has 2 aliphatic heterocycles. The number of nitrogens with one attached hydrogen (secondary N) is 1. The highest BCUT2D eigenvalue weighted by Gasteiger charge is 2.62. The topological polar surface area (TPSA) is 50.9 Å². The molecule has 0 aromatic heterocycles. The first kappa shape index (κ1) is 10.9. The van der Waals surface area contributed by atoms with Crippen molar-refractivity contribution in [2.24, 2.45) is 5.92 Å². The first-order valence-corrected chi connectivity index (χ1v) is 5.75. The minimum absolute atomic E-state index is 0.0500. The number of hydrogen-bond acceptors (Lipinski definition) is 3. The second-order valence-corrected chi connectivity index (χ2v) is 4.15. The molecule has 15 heavy (non-hydrogen) atoms.